The van der Waals surface area contributed by atoms with Gasteiger partial charge < -0.3 is 24.6 Å². The van der Waals surface area contributed by atoms with Crippen LogP contribution in [0.4, 0.5) is 5.69 Å². The molecule has 30 heavy (non-hydrogen) atoms. The van der Waals surface area contributed by atoms with Gasteiger partial charge in [0, 0.05) is 36.9 Å². The van der Waals surface area contributed by atoms with Crippen molar-refractivity contribution in [2.75, 3.05) is 11.5 Å². The average Bonchev–Trinajstić information content (AvgIpc) is 3.50. The maximum Gasteiger partial charge on any atom is 0.174 e. The van der Waals surface area contributed by atoms with Gasteiger partial charge in [0.1, 0.15) is 11.8 Å². The van der Waals surface area contributed by atoms with Crippen LogP contribution in [0.1, 0.15) is 36.3 Å². The molecule has 0 amide bonds. The van der Waals surface area contributed by atoms with Gasteiger partial charge in [-0.3, -0.25) is 4.98 Å². The van der Waals surface area contributed by atoms with Crippen LogP contribution in [-0.2, 0) is 11.3 Å². The van der Waals surface area contributed by atoms with Gasteiger partial charge in [0.25, 0.3) is 0 Å². The molecule has 0 unspecified atom stereocenters. The number of aromatic hydroxyl groups is 1. The second-order valence-electron chi connectivity index (χ2n) is 7.73. The van der Waals surface area contributed by atoms with Gasteiger partial charge in [0.05, 0.1) is 17.8 Å². The predicted molar refractivity (Wildman–Crippen MR) is 119 cm³/mol. The smallest absolute Gasteiger partial charge is 0.174 e. The van der Waals surface area contributed by atoms with E-state index in [1.807, 2.05) is 36.5 Å². The van der Waals surface area contributed by atoms with Crippen LogP contribution in [-0.4, -0.2) is 32.5 Å². The van der Waals surface area contributed by atoms with Crippen molar-refractivity contribution in [2.24, 2.45) is 0 Å². The summed E-state index contributed by atoms with van der Waals surface area (Å²) in [5, 5.41) is 13.9. The van der Waals surface area contributed by atoms with E-state index < -0.39 is 0 Å². The van der Waals surface area contributed by atoms with Gasteiger partial charge in [0.2, 0.25) is 0 Å². The summed E-state index contributed by atoms with van der Waals surface area (Å²) in [6, 6.07) is 17.2. The average molecular weight is 421 g/mol. The van der Waals surface area contributed by atoms with Crippen molar-refractivity contribution >= 4 is 23.0 Å². The number of anilines is 1. The number of thiocarbonyl (C=S) groups is 1. The predicted octanol–water partition coefficient (Wildman–Crippen LogP) is 3.94. The summed E-state index contributed by atoms with van der Waals surface area (Å²) in [7, 11) is 0. The lowest BCUT2D eigenvalue weighted by Crippen LogP contribution is -2.31. The summed E-state index contributed by atoms with van der Waals surface area (Å²) in [5.74, 6) is 0.233. The molecule has 7 heteroatoms. The van der Waals surface area contributed by atoms with Gasteiger partial charge in [-0.2, -0.15) is 0 Å². The molecule has 2 aromatic heterocycles. The van der Waals surface area contributed by atoms with Crippen LogP contribution in [0.15, 0.2) is 67.0 Å². The topological polar surface area (TPSA) is 62.5 Å². The lowest BCUT2D eigenvalue weighted by molar-refractivity contribution is 0.0961. The Balaban J connectivity index is 1.57. The first-order chi connectivity index (χ1) is 14.7. The maximum absolute atomic E-state index is 9.75. The molecule has 6 nitrogen and oxygen atoms in total. The third kappa shape index (κ3) is 3.55. The summed E-state index contributed by atoms with van der Waals surface area (Å²) in [4.78, 5) is 6.73. The second kappa shape index (κ2) is 8.08. The van der Waals surface area contributed by atoms with Crippen molar-refractivity contribution in [1.82, 2.24) is 14.9 Å². The van der Waals surface area contributed by atoms with Crippen molar-refractivity contribution in [2.45, 2.75) is 37.6 Å². The van der Waals surface area contributed by atoms with Crippen LogP contribution in [0.25, 0.3) is 0 Å². The summed E-state index contributed by atoms with van der Waals surface area (Å²) in [6.07, 6.45) is 6.37. The Morgan fingerprint density at radius 3 is 2.73 bits per heavy atom. The Hall–Kier alpha value is -2.90. The Labute approximate surface area is 181 Å². The van der Waals surface area contributed by atoms with Gasteiger partial charge >= 0.3 is 0 Å². The van der Waals surface area contributed by atoms with E-state index in [1.165, 1.54) is 0 Å². The molecule has 0 radical (unpaired) electrons. The number of ether oxygens (including phenoxy) is 1. The van der Waals surface area contributed by atoms with Crippen LogP contribution in [0, 0.1) is 0 Å². The highest BCUT2D eigenvalue weighted by Crippen LogP contribution is 2.42. The number of pyridine rings is 1. The third-order valence-corrected chi connectivity index (χ3v) is 6.13. The molecule has 3 atom stereocenters. The van der Waals surface area contributed by atoms with E-state index in [4.69, 9.17) is 17.0 Å². The standard InChI is InChI=1S/C23H24N4O2S/c28-17-10-8-16(9-11-17)27-22(21(25-23(27)30)19-6-1-2-12-24-19)20-7-3-13-26(20)15-18-5-4-14-29-18/h1-3,6-13,18,21-22,28H,4-5,14-15H2,(H,25,30)/t18-,21+,22+/m0/s1. The first kappa shape index (κ1) is 19.1. The van der Waals surface area contributed by atoms with E-state index in [-0.39, 0.29) is 23.9 Å². The summed E-state index contributed by atoms with van der Waals surface area (Å²) in [6.45, 7) is 1.66. The van der Waals surface area contributed by atoms with Crippen molar-refractivity contribution in [3.8, 4) is 5.75 Å². The molecule has 1 aromatic carbocycles. The lowest BCUT2D eigenvalue weighted by atomic mass is 10.0. The second-order valence-corrected chi connectivity index (χ2v) is 8.12. The van der Waals surface area contributed by atoms with E-state index in [2.05, 4.69) is 38.1 Å². The number of benzene rings is 1. The summed E-state index contributed by atoms with van der Waals surface area (Å²) >= 11 is 5.76. The molecule has 3 aromatic rings. The fourth-order valence-corrected chi connectivity index (χ4v) is 4.76. The summed E-state index contributed by atoms with van der Waals surface area (Å²) < 4.78 is 8.16. The van der Waals surface area contributed by atoms with Gasteiger partial charge in [-0.05, 0) is 73.6 Å². The number of hydrogen-bond acceptors (Lipinski definition) is 4. The molecule has 2 saturated heterocycles. The highest BCUT2D eigenvalue weighted by molar-refractivity contribution is 7.80. The number of nitrogens with one attached hydrogen (secondary N) is 1. The zero-order valence-corrected chi connectivity index (χ0v) is 17.3. The zero-order chi connectivity index (χ0) is 20.5. The molecule has 5 rings (SSSR count). The van der Waals surface area contributed by atoms with E-state index in [1.54, 1.807) is 12.1 Å². The Morgan fingerprint density at radius 1 is 1.13 bits per heavy atom. The van der Waals surface area contributed by atoms with Crippen molar-refractivity contribution in [3.63, 3.8) is 0 Å². The monoisotopic (exact) mass is 420 g/mol. The quantitative estimate of drug-likeness (QED) is 0.610. The molecule has 2 aliphatic heterocycles. The highest BCUT2D eigenvalue weighted by atomic mass is 32.1. The Bertz CT molecular complexity index is 1020. The zero-order valence-electron chi connectivity index (χ0n) is 16.5. The van der Waals surface area contributed by atoms with E-state index in [9.17, 15) is 5.11 Å². The number of aromatic nitrogens is 2. The molecule has 154 valence electrons. The maximum atomic E-state index is 9.75. The van der Waals surface area contributed by atoms with Crippen molar-refractivity contribution < 1.29 is 9.84 Å². The molecule has 0 aliphatic carbocycles. The fourth-order valence-electron chi connectivity index (χ4n) is 4.42. The molecule has 2 aliphatic rings. The van der Waals surface area contributed by atoms with Crippen LogP contribution in [0.3, 0.4) is 0 Å². The van der Waals surface area contributed by atoms with Crippen molar-refractivity contribution in [3.05, 3.63) is 78.4 Å². The SMILES string of the molecule is Oc1ccc(N2C(=S)N[C@H](c3ccccn3)[C@H]2c2cccn2C[C@@H]2CCCO2)cc1. The number of hydrogen-bond donors (Lipinski definition) is 2. The Kier molecular flexibility index (Phi) is 5.14. The summed E-state index contributed by atoms with van der Waals surface area (Å²) in [5.41, 5.74) is 3.02. The molecule has 2 fully saturated rings. The molecule has 0 saturated carbocycles. The number of phenolic OH excluding ortho intramolecular Hbond substituents is 1. The van der Waals surface area contributed by atoms with Gasteiger partial charge in [-0.15, -0.1) is 0 Å². The lowest BCUT2D eigenvalue weighted by Gasteiger charge is -2.29. The molecular weight excluding hydrogens is 396 g/mol. The minimum absolute atomic E-state index is 0.0756. The van der Waals surface area contributed by atoms with Crippen molar-refractivity contribution in [1.29, 1.82) is 0 Å². The van der Waals surface area contributed by atoms with Crippen LogP contribution in [0.5, 0.6) is 5.75 Å². The molecule has 4 heterocycles. The molecular formula is C23H24N4O2S. The first-order valence-corrected chi connectivity index (χ1v) is 10.7. The van der Waals surface area contributed by atoms with E-state index >= 15 is 0 Å². The number of phenols is 1. The van der Waals surface area contributed by atoms with Crippen LogP contribution < -0.4 is 10.2 Å². The Morgan fingerprint density at radius 2 is 2.00 bits per heavy atom. The minimum atomic E-state index is -0.0920. The van der Waals surface area contributed by atoms with Gasteiger partial charge in [0.15, 0.2) is 5.11 Å². The highest BCUT2D eigenvalue weighted by Gasteiger charge is 2.42. The van der Waals surface area contributed by atoms with Crippen LogP contribution in [0.2, 0.25) is 0 Å². The largest absolute Gasteiger partial charge is 0.508 e. The first-order valence-electron chi connectivity index (χ1n) is 10.3. The number of nitrogens with zero attached hydrogens (tertiary/aromatic N) is 3. The fraction of sp³-hybridized carbons (Fsp3) is 0.304. The van der Waals surface area contributed by atoms with Crippen LogP contribution >= 0.6 is 12.2 Å². The third-order valence-electron chi connectivity index (χ3n) is 5.82. The minimum Gasteiger partial charge on any atom is -0.508 e. The number of rotatable bonds is 5. The molecule has 0 spiro atoms. The molecule has 2 N–H and O–H groups in total. The van der Waals surface area contributed by atoms with Gasteiger partial charge in [-0.1, -0.05) is 6.07 Å². The van der Waals surface area contributed by atoms with E-state index in [0.29, 0.717) is 5.11 Å². The van der Waals surface area contributed by atoms with Gasteiger partial charge in [-0.25, -0.2) is 0 Å². The normalized spacial score (nSPS) is 23.7. The van der Waals surface area contributed by atoms with E-state index in [0.717, 1.165) is 43.1 Å². The molecule has 0 bridgehead atoms.